The number of nitrogens with two attached hydrogens (primary N) is 1. The van der Waals surface area contributed by atoms with Gasteiger partial charge in [-0.1, -0.05) is 146 Å². The first kappa shape index (κ1) is 49.1. The quantitative estimate of drug-likeness (QED) is 0.0333. The molecule has 4 N–H and O–H groups in total. The molecule has 7 heteroatoms. The molecule has 0 heterocycles. The number of unbranched alkanes of at least 4 members (excludes halogenated alkanes) is 15. The van der Waals surface area contributed by atoms with Gasteiger partial charge in [0.05, 0.1) is 0 Å². The predicted molar refractivity (Wildman–Crippen MR) is 220 cm³/mol. The molecule has 0 radical (unpaired) electrons. The SMILES string of the molecule is CC/C=C\C/C=C\C/C=C\C/C=C\CCCCCCCCCCCCC(=O)OC(/C=C\CCCC)CCCCCCC(=O)NC(CCCN)C(=O)O. The number of esters is 1. The number of carbonyl (C=O) groups excluding carboxylic acids is 2. The van der Waals surface area contributed by atoms with Crippen LogP contribution in [0.3, 0.4) is 0 Å². The van der Waals surface area contributed by atoms with Crippen LogP contribution in [0.5, 0.6) is 0 Å². The molecule has 0 aliphatic rings. The van der Waals surface area contributed by atoms with Gasteiger partial charge in [0.15, 0.2) is 0 Å². The monoisotopic (exact) mass is 727 g/mol. The van der Waals surface area contributed by atoms with Crippen molar-refractivity contribution in [3.05, 3.63) is 60.8 Å². The highest BCUT2D eigenvalue weighted by atomic mass is 16.5. The Hall–Kier alpha value is -2.93. The van der Waals surface area contributed by atoms with Crippen molar-refractivity contribution in [2.45, 2.75) is 199 Å². The molecule has 298 valence electrons. The lowest BCUT2D eigenvalue weighted by molar-refractivity contribution is -0.147. The van der Waals surface area contributed by atoms with Gasteiger partial charge in [-0.15, -0.1) is 0 Å². The van der Waals surface area contributed by atoms with Crippen LogP contribution >= 0.6 is 0 Å². The van der Waals surface area contributed by atoms with Gasteiger partial charge in [0.25, 0.3) is 0 Å². The van der Waals surface area contributed by atoms with Gasteiger partial charge in [-0.2, -0.15) is 0 Å². The Kier molecular flexibility index (Phi) is 37.1. The number of hydrogen-bond donors (Lipinski definition) is 3. The second-order valence-electron chi connectivity index (χ2n) is 14.0. The molecule has 0 aromatic heterocycles. The summed E-state index contributed by atoms with van der Waals surface area (Å²) >= 11 is 0. The summed E-state index contributed by atoms with van der Waals surface area (Å²) in [5, 5.41) is 11.9. The van der Waals surface area contributed by atoms with E-state index in [-0.39, 0.29) is 18.0 Å². The van der Waals surface area contributed by atoms with Crippen molar-refractivity contribution in [2.24, 2.45) is 5.73 Å². The minimum atomic E-state index is -1.02. The number of carboxylic acid groups (broad SMARTS) is 1. The van der Waals surface area contributed by atoms with Crippen LogP contribution in [0.1, 0.15) is 187 Å². The molecule has 0 fully saturated rings. The third-order valence-corrected chi connectivity index (χ3v) is 9.05. The molecular weight excluding hydrogens is 649 g/mol. The molecule has 0 bridgehead atoms. The lowest BCUT2D eigenvalue weighted by Crippen LogP contribution is -2.40. The highest BCUT2D eigenvalue weighted by molar-refractivity contribution is 5.83. The van der Waals surface area contributed by atoms with E-state index in [1.807, 2.05) is 0 Å². The Bertz CT molecular complexity index is 1000. The second-order valence-corrected chi connectivity index (χ2v) is 14.0. The largest absolute Gasteiger partial charge is 0.480 e. The van der Waals surface area contributed by atoms with E-state index in [0.29, 0.717) is 38.6 Å². The topological polar surface area (TPSA) is 119 Å². The van der Waals surface area contributed by atoms with Crippen molar-refractivity contribution in [2.75, 3.05) is 6.54 Å². The molecule has 0 saturated carbocycles. The zero-order chi connectivity index (χ0) is 38.2. The molecule has 2 atom stereocenters. The van der Waals surface area contributed by atoms with Crippen molar-refractivity contribution in [1.82, 2.24) is 5.32 Å². The Morgan fingerprint density at radius 2 is 1.12 bits per heavy atom. The maximum absolute atomic E-state index is 12.6. The van der Waals surface area contributed by atoms with E-state index in [2.05, 4.69) is 79.9 Å². The number of nitrogens with one attached hydrogen (secondary N) is 1. The van der Waals surface area contributed by atoms with Crippen molar-refractivity contribution in [3.63, 3.8) is 0 Å². The number of carboxylic acids is 1. The smallest absolute Gasteiger partial charge is 0.326 e. The number of allylic oxidation sites excluding steroid dienone is 9. The second kappa shape index (κ2) is 39.3. The third-order valence-electron chi connectivity index (χ3n) is 9.05. The van der Waals surface area contributed by atoms with E-state index < -0.39 is 12.0 Å². The van der Waals surface area contributed by atoms with Gasteiger partial charge in [-0.25, -0.2) is 4.79 Å². The summed E-state index contributed by atoms with van der Waals surface area (Å²) < 4.78 is 5.86. The molecule has 0 spiro atoms. The van der Waals surface area contributed by atoms with E-state index in [9.17, 15) is 19.5 Å². The summed E-state index contributed by atoms with van der Waals surface area (Å²) in [6, 6.07) is -0.871. The lowest BCUT2D eigenvalue weighted by Gasteiger charge is -2.15. The summed E-state index contributed by atoms with van der Waals surface area (Å²) in [7, 11) is 0. The van der Waals surface area contributed by atoms with Gasteiger partial charge in [-0.05, 0) is 96.1 Å². The van der Waals surface area contributed by atoms with Gasteiger partial charge >= 0.3 is 11.9 Å². The molecule has 0 aromatic carbocycles. The highest BCUT2D eigenvalue weighted by Gasteiger charge is 2.19. The first-order chi connectivity index (χ1) is 25.4. The van der Waals surface area contributed by atoms with E-state index in [1.165, 1.54) is 57.8 Å². The van der Waals surface area contributed by atoms with Crippen LogP contribution in [0.4, 0.5) is 0 Å². The van der Waals surface area contributed by atoms with Crippen LogP contribution < -0.4 is 11.1 Å². The minimum absolute atomic E-state index is 0.102. The summed E-state index contributed by atoms with van der Waals surface area (Å²) in [6.45, 7) is 4.73. The zero-order valence-corrected chi connectivity index (χ0v) is 33.4. The normalized spacial score (nSPS) is 13.3. The minimum Gasteiger partial charge on any atom is -0.480 e. The van der Waals surface area contributed by atoms with Crippen LogP contribution in [0.2, 0.25) is 0 Å². The average molecular weight is 727 g/mol. The van der Waals surface area contributed by atoms with E-state index in [0.717, 1.165) is 83.5 Å². The number of amides is 1. The molecular formula is C45H78N2O5. The molecule has 0 saturated heterocycles. The number of hydrogen-bond acceptors (Lipinski definition) is 5. The summed E-state index contributed by atoms with van der Waals surface area (Å²) in [5.74, 6) is -1.35. The van der Waals surface area contributed by atoms with Gasteiger partial charge in [0.1, 0.15) is 12.1 Å². The molecule has 52 heavy (non-hydrogen) atoms. The molecule has 0 rings (SSSR count). The first-order valence-corrected chi connectivity index (χ1v) is 21.1. The fourth-order valence-electron chi connectivity index (χ4n) is 5.87. The lowest BCUT2D eigenvalue weighted by atomic mass is 10.0. The Morgan fingerprint density at radius 3 is 1.69 bits per heavy atom. The number of carbonyl (C=O) groups is 3. The number of rotatable bonds is 37. The number of ether oxygens (including phenoxy) is 1. The Labute approximate surface area is 319 Å². The summed E-state index contributed by atoms with van der Waals surface area (Å²) in [5.41, 5.74) is 5.47. The summed E-state index contributed by atoms with van der Waals surface area (Å²) in [6.07, 6.45) is 48.8. The molecule has 1 amide bonds. The molecule has 2 unspecified atom stereocenters. The first-order valence-electron chi connectivity index (χ1n) is 21.1. The van der Waals surface area contributed by atoms with E-state index in [4.69, 9.17) is 10.5 Å². The standard InChI is InChI=1S/C45H78N2O5/c1-3-5-7-9-10-11-12-13-14-15-16-17-18-19-20-21-22-23-24-25-26-27-33-39-44(49)52-41(35-30-8-6-4-2)36-31-28-29-32-38-43(48)47-42(45(50)51)37-34-40-46/h5,7,10-11,13-14,16-17,30,35,41-42H,3-4,6,8-9,12,15,18-29,31-34,36-40,46H2,1-2H3,(H,47,48)(H,50,51)/b7-5-,11-10-,14-13-,17-16-,35-30-. The average Bonchev–Trinajstić information content (AvgIpc) is 3.13. The van der Waals surface area contributed by atoms with Gasteiger partial charge in [0.2, 0.25) is 5.91 Å². The van der Waals surface area contributed by atoms with Crippen molar-refractivity contribution >= 4 is 17.8 Å². The van der Waals surface area contributed by atoms with E-state index >= 15 is 0 Å². The summed E-state index contributed by atoms with van der Waals surface area (Å²) in [4.78, 5) is 36.1. The fraction of sp³-hybridized carbons (Fsp3) is 0.711. The van der Waals surface area contributed by atoms with Gasteiger partial charge in [-0.3, -0.25) is 9.59 Å². The van der Waals surface area contributed by atoms with Crippen LogP contribution in [-0.2, 0) is 19.1 Å². The zero-order valence-electron chi connectivity index (χ0n) is 33.4. The molecule has 0 aliphatic heterocycles. The predicted octanol–water partition coefficient (Wildman–Crippen LogP) is 11.8. The van der Waals surface area contributed by atoms with Crippen LogP contribution in [-0.4, -0.2) is 41.6 Å². The number of aliphatic carboxylic acids is 1. The highest BCUT2D eigenvalue weighted by Crippen LogP contribution is 2.15. The van der Waals surface area contributed by atoms with Gasteiger partial charge < -0.3 is 20.9 Å². The van der Waals surface area contributed by atoms with Gasteiger partial charge in [0, 0.05) is 12.8 Å². The molecule has 7 nitrogen and oxygen atoms in total. The van der Waals surface area contributed by atoms with E-state index in [1.54, 1.807) is 0 Å². The third kappa shape index (κ3) is 35.5. The van der Waals surface area contributed by atoms with Crippen molar-refractivity contribution in [1.29, 1.82) is 0 Å². The van der Waals surface area contributed by atoms with Crippen molar-refractivity contribution < 1.29 is 24.2 Å². The fourth-order valence-corrected chi connectivity index (χ4v) is 5.87. The van der Waals surface area contributed by atoms with Crippen molar-refractivity contribution in [3.8, 4) is 0 Å². The molecule has 0 aliphatic carbocycles. The van der Waals surface area contributed by atoms with Crippen LogP contribution in [0.15, 0.2) is 60.8 Å². The maximum atomic E-state index is 12.6. The Morgan fingerprint density at radius 1 is 0.596 bits per heavy atom. The maximum Gasteiger partial charge on any atom is 0.326 e. The van der Waals surface area contributed by atoms with Crippen LogP contribution in [0.25, 0.3) is 0 Å². The molecule has 0 aromatic rings. The Balaban J connectivity index is 3.95. The van der Waals surface area contributed by atoms with Crippen LogP contribution in [0, 0.1) is 0 Å².